The summed E-state index contributed by atoms with van der Waals surface area (Å²) < 4.78 is 21.8. The number of nitrogens with one attached hydrogen (secondary N) is 4. The summed E-state index contributed by atoms with van der Waals surface area (Å²) in [6.45, 7) is 10.9. The molecule has 0 atom stereocenters. The fraction of sp³-hybridized carbons (Fsp3) is 0.556. The highest BCUT2D eigenvalue weighted by molar-refractivity contribution is 5.97. The zero-order chi connectivity index (χ0) is 64.3. The van der Waals surface area contributed by atoms with E-state index in [1.807, 2.05) is 111 Å². The maximum Gasteiger partial charge on any atom is 0.253 e. The third kappa shape index (κ3) is 23.6. The zero-order valence-electron chi connectivity index (χ0n) is 56.0. The van der Waals surface area contributed by atoms with Crippen molar-refractivity contribution in [3.05, 3.63) is 107 Å². The minimum Gasteiger partial charge on any atom is -0.493 e. The summed E-state index contributed by atoms with van der Waals surface area (Å²) >= 11 is 0. The average Bonchev–Trinajstić information content (AvgIpc) is 1.13. The second kappa shape index (κ2) is 40.6. The third-order valence-electron chi connectivity index (χ3n) is 17.1. The molecule has 0 aliphatic heterocycles. The Balaban J connectivity index is 0.684. The van der Waals surface area contributed by atoms with E-state index in [-0.39, 0.29) is 11.8 Å². The van der Waals surface area contributed by atoms with Gasteiger partial charge in [0.1, 0.15) is 11.6 Å². The van der Waals surface area contributed by atoms with Gasteiger partial charge in [-0.05, 0) is 139 Å². The van der Waals surface area contributed by atoms with Crippen LogP contribution in [0.15, 0.2) is 84.9 Å². The van der Waals surface area contributed by atoms with Gasteiger partial charge in [-0.3, -0.25) is 9.59 Å². The fourth-order valence-corrected chi connectivity index (χ4v) is 11.5. The molecule has 2 aromatic heterocycles. The summed E-state index contributed by atoms with van der Waals surface area (Å²) in [4.78, 5) is 44.8. The number of amides is 2. The molecule has 2 amide bonds. The van der Waals surface area contributed by atoms with Crippen LogP contribution in [0.5, 0.6) is 23.0 Å². The van der Waals surface area contributed by atoms with E-state index in [4.69, 9.17) is 40.4 Å². The van der Waals surface area contributed by atoms with Crippen LogP contribution in [0.1, 0.15) is 160 Å². The van der Waals surface area contributed by atoms with E-state index in [9.17, 15) is 9.59 Å². The molecule has 6 aromatic rings. The minimum atomic E-state index is 0.0885. The molecule has 0 aliphatic carbocycles. The first-order valence-corrected chi connectivity index (χ1v) is 33.4. The maximum atomic E-state index is 13.5. The number of fused-ring (bicyclic) bond motifs is 2. The molecule has 0 unspecified atom stereocenters. The number of carbonyl (C=O) groups is 2. The molecule has 2 heterocycles. The second-order valence-corrected chi connectivity index (χ2v) is 24.1. The summed E-state index contributed by atoms with van der Waals surface area (Å²) in [6, 6.07) is 27.4. The monoisotopic (exact) mass is 1240 g/mol. The Morgan fingerprint density at radius 3 is 1.03 bits per heavy atom. The van der Waals surface area contributed by atoms with Crippen molar-refractivity contribution >= 4 is 56.6 Å². The Morgan fingerprint density at radius 2 is 0.689 bits per heavy atom. The van der Waals surface area contributed by atoms with Gasteiger partial charge in [0, 0.05) is 125 Å². The first-order valence-electron chi connectivity index (χ1n) is 33.4. The lowest BCUT2D eigenvalue weighted by Gasteiger charge is -2.21. The number of benzene rings is 4. The van der Waals surface area contributed by atoms with E-state index >= 15 is 0 Å². The quantitative estimate of drug-likeness (QED) is 0.0196. The second-order valence-electron chi connectivity index (χ2n) is 24.1. The lowest BCUT2D eigenvalue weighted by Crippen LogP contribution is -2.29. The smallest absolute Gasteiger partial charge is 0.253 e. The van der Waals surface area contributed by atoms with Crippen LogP contribution >= 0.6 is 0 Å². The average molecular weight is 1240 g/mol. The first-order chi connectivity index (χ1) is 43.9. The SMILES string of the molecule is COc1cc2nc(N(C)CCCCCCN(C)C(=O)c3ccccc3CNCCCCCCNCCCCCCNCCCCCCNCc3ccccc3C(=O)N(C)CCCCCCN(C)c3cc(N)c4cc(OC)c(OC)cc4n3)cc(N)c2cc1OC. The summed E-state index contributed by atoms with van der Waals surface area (Å²) in [5, 5.41) is 16.2. The molecular formula is C72H110N12O6. The number of carbonyl (C=O) groups excluding carboxylic acids is 2. The number of nitrogens with two attached hydrogens (primary N) is 2. The van der Waals surface area contributed by atoms with Crippen LogP contribution in [-0.4, -0.2) is 154 Å². The number of pyridine rings is 2. The molecule has 8 N–H and O–H groups in total. The molecule has 18 nitrogen and oxygen atoms in total. The summed E-state index contributed by atoms with van der Waals surface area (Å²) in [7, 11) is 14.4. The number of unbranched alkanes of at least 4 members (excludes halogenated alkanes) is 15. The van der Waals surface area contributed by atoms with E-state index in [0.29, 0.717) is 47.5 Å². The zero-order valence-corrected chi connectivity index (χ0v) is 56.0. The van der Waals surface area contributed by atoms with Crippen LogP contribution in [0.2, 0.25) is 0 Å². The molecule has 0 bridgehead atoms. The van der Waals surface area contributed by atoms with Crippen molar-refractivity contribution in [3.8, 4) is 23.0 Å². The molecular weight excluding hydrogens is 1130 g/mol. The number of hydrogen-bond donors (Lipinski definition) is 6. The number of methoxy groups -OCH3 is 4. The van der Waals surface area contributed by atoms with Crippen LogP contribution in [0, 0.1) is 0 Å². The largest absolute Gasteiger partial charge is 0.493 e. The minimum absolute atomic E-state index is 0.0885. The topological polar surface area (TPSA) is 210 Å². The third-order valence-corrected chi connectivity index (χ3v) is 17.1. The van der Waals surface area contributed by atoms with E-state index in [0.717, 1.165) is 185 Å². The molecule has 0 radical (unpaired) electrons. The summed E-state index contributed by atoms with van der Waals surface area (Å²) in [5.41, 5.74) is 19.4. The van der Waals surface area contributed by atoms with Crippen molar-refractivity contribution in [1.82, 2.24) is 41.0 Å². The van der Waals surface area contributed by atoms with Gasteiger partial charge >= 0.3 is 0 Å². The standard InChI is InChI=1S/C72H110N12O6/c1-81(69-49-61(73)59-47-65(87-5)67(89-7)51-63(59)79-69)43-29-15-17-31-45-83(3)71(85)57-35-21-19-33-55(57)53-77-41-27-13-11-25-39-75-37-23-9-10-24-38-76-40-26-12-14-28-42-78-54-56-34-20-22-36-58(56)72(86)84(4)46-32-18-16-30-44-82(2)70-50-62(74)60-48-66(88-6)68(90-8)52-64(60)80-70/h19-22,33-36,47-52,75-78H,9-18,23-32,37-46,53-54H2,1-8H3,(H2,73,79)(H2,74,80). The Labute approximate surface area is 538 Å². The number of nitrogen functional groups attached to an aromatic ring is 2. The predicted octanol–water partition coefficient (Wildman–Crippen LogP) is 12.3. The molecule has 0 aliphatic rings. The van der Waals surface area contributed by atoms with Gasteiger partial charge in [-0.2, -0.15) is 0 Å². The molecule has 494 valence electrons. The lowest BCUT2D eigenvalue weighted by molar-refractivity contribution is 0.0784. The molecule has 6 rings (SSSR count). The van der Waals surface area contributed by atoms with Gasteiger partial charge in [0.25, 0.3) is 11.8 Å². The normalized spacial score (nSPS) is 11.3. The van der Waals surface area contributed by atoms with Crippen molar-refractivity contribution in [2.45, 2.75) is 142 Å². The van der Waals surface area contributed by atoms with Gasteiger partial charge < -0.3 is 71.3 Å². The Morgan fingerprint density at radius 1 is 0.389 bits per heavy atom. The highest BCUT2D eigenvalue weighted by atomic mass is 16.5. The van der Waals surface area contributed by atoms with E-state index in [1.54, 1.807) is 28.4 Å². The van der Waals surface area contributed by atoms with Crippen molar-refractivity contribution in [2.24, 2.45) is 0 Å². The van der Waals surface area contributed by atoms with Gasteiger partial charge in [0.15, 0.2) is 23.0 Å². The van der Waals surface area contributed by atoms with Gasteiger partial charge in [-0.1, -0.05) is 101 Å². The van der Waals surface area contributed by atoms with Gasteiger partial charge in [-0.25, -0.2) is 9.97 Å². The van der Waals surface area contributed by atoms with Gasteiger partial charge in [0.05, 0.1) is 39.5 Å². The molecule has 0 saturated heterocycles. The Bertz CT molecular complexity index is 2870. The van der Waals surface area contributed by atoms with E-state index in [2.05, 4.69) is 43.2 Å². The molecule has 90 heavy (non-hydrogen) atoms. The number of hydrogen-bond acceptors (Lipinski definition) is 16. The molecule has 0 fully saturated rings. The number of rotatable bonds is 47. The molecule has 18 heteroatoms. The highest BCUT2D eigenvalue weighted by Gasteiger charge is 2.19. The predicted molar refractivity (Wildman–Crippen MR) is 373 cm³/mol. The van der Waals surface area contributed by atoms with Gasteiger partial charge in [-0.15, -0.1) is 0 Å². The van der Waals surface area contributed by atoms with Crippen LogP contribution < -0.4 is 61.5 Å². The fourth-order valence-electron chi connectivity index (χ4n) is 11.5. The number of anilines is 4. The molecule has 4 aromatic carbocycles. The Hall–Kier alpha value is -7.12. The maximum absolute atomic E-state index is 13.5. The Kier molecular flexibility index (Phi) is 32.4. The van der Waals surface area contributed by atoms with Crippen LogP contribution in [-0.2, 0) is 13.1 Å². The number of aromatic nitrogens is 2. The van der Waals surface area contributed by atoms with Gasteiger partial charge in [0.2, 0.25) is 0 Å². The van der Waals surface area contributed by atoms with E-state index in [1.165, 1.54) is 64.2 Å². The highest BCUT2D eigenvalue weighted by Crippen LogP contribution is 2.37. The number of nitrogens with zero attached hydrogens (tertiary/aromatic N) is 6. The van der Waals surface area contributed by atoms with Crippen molar-refractivity contribution < 1.29 is 28.5 Å². The molecule has 0 saturated carbocycles. The lowest BCUT2D eigenvalue weighted by atomic mass is 10.1. The van der Waals surface area contributed by atoms with Crippen molar-refractivity contribution in [1.29, 1.82) is 0 Å². The van der Waals surface area contributed by atoms with Crippen molar-refractivity contribution in [3.63, 3.8) is 0 Å². The summed E-state index contributed by atoms with van der Waals surface area (Å²) in [6.07, 6.45) is 22.8. The van der Waals surface area contributed by atoms with Crippen LogP contribution in [0.3, 0.4) is 0 Å². The summed E-state index contributed by atoms with van der Waals surface area (Å²) in [5.74, 6) is 4.34. The molecule has 0 spiro atoms. The first kappa shape index (κ1) is 71.9. The van der Waals surface area contributed by atoms with Crippen molar-refractivity contribution in [2.75, 3.05) is 143 Å². The van der Waals surface area contributed by atoms with Crippen LogP contribution in [0.25, 0.3) is 21.8 Å². The van der Waals surface area contributed by atoms with E-state index < -0.39 is 0 Å². The number of ether oxygens (including phenoxy) is 4. The van der Waals surface area contributed by atoms with Crippen LogP contribution in [0.4, 0.5) is 23.0 Å².